The molecule has 0 aliphatic rings. The van der Waals surface area contributed by atoms with Crippen LogP contribution in [0.25, 0.3) is 4.85 Å². The van der Waals surface area contributed by atoms with E-state index in [-0.39, 0.29) is 15.7 Å². The first-order valence-electron chi connectivity index (χ1n) is 2.56. The van der Waals surface area contributed by atoms with Gasteiger partial charge in [-0.15, -0.1) is 11.3 Å². The van der Waals surface area contributed by atoms with Gasteiger partial charge in [0.1, 0.15) is 0 Å². The summed E-state index contributed by atoms with van der Waals surface area (Å²) in [5.74, 6) is 0. The van der Waals surface area contributed by atoms with Gasteiger partial charge in [-0.05, 0) is 0 Å². The molecule has 11 heavy (non-hydrogen) atoms. The van der Waals surface area contributed by atoms with Crippen molar-refractivity contribution in [1.82, 2.24) is 0 Å². The van der Waals surface area contributed by atoms with Crippen LogP contribution in [-0.4, -0.2) is 4.92 Å². The van der Waals surface area contributed by atoms with Gasteiger partial charge in [0, 0.05) is 6.07 Å². The molecule has 0 amide bonds. The van der Waals surface area contributed by atoms with E-state index in [4.69, 9.17) is 12.3 Å². The van der Waals surface area contributed by atoms with Gasteiger partial charge in [-0.2, -0.15) is 0 Å². The SMILES string of the molecule is [C-]#[N+]c1cc([N+](=O)[O-])c(N)s1. The number of anilines is 1. The van der Waals surface area contributed by atoms with E-state index in [1.807, 2.05) is 0 Å². The molecular weight excluding hydrogens is 166 g/mol. The van der Waals surface area contributed by atoms with Gasteiger partial charge in [-0.25, -0.2) is 4.85 Å². The van der Waals surface area contributed by atoms with Crippen molar-refractivity contribution >= 4 is 27.0 Å². The highest BCUT2D eigenvalue weighted by Gasteiger charge is 2.15. The van der Waals surface area contributed by atoms with Crippen molar-refractivity contribution < 1.29 is 4.92 Å². The Morgan fingerprint density at radius 3 is 2.73 bits per heavy atom. The third-order valence-electron chi connectivity index (χ3n) is 1.03. The average Bonchev–Trinajstić information content (AvgIpc) is 2.30. The maximum absolute atomic E-state index is 10.2. The second-order valence-corrected chi connectivity index (χ2v) is 2.77. The standard InChI is InChI=1S/C5H3N3O2S/c1-7-4-2-3(8(9)10)5(6)11-4/h2H,6H2. The van der Waals surface area contributed by atoms with Crippen LogP contribution in [0.1, 0.15) is 0 Å². The monoisotopic (exact) mass is 169 g/mol. The summed E-state index contributed by atoms with van der Waals surface area (Å²) in [6.45, 7) is 6.55. The minimum atomic E-state index is -0.597. The van der Waals surface area contributed by atoms with Crippen molar-refractivity contribution in [3.8, 4) is 0 Å². The molecule has 5 nitrogen and oxygen atoms in total. The lowest BCUT2D eigenvalue weighted by Crippen LogP contribution is -1.89. The molecule has 0 saturated carbocycles. The molecule has 0 aromatic carbocycles. The van der Waals surface area contributed by atoms with Crippen LogP contribution in [-0.2, 0) is 0 Å². The highest BCUT2D eigenvalue weighted by Crippen LogP contribution is 2.36. The van der Waals surface area contributed by atoms with Gasteiger partial charge in [0.15, 0.2) is 5.00 Å². The number of hydrogen-bond acceptors (Lipinski definition) is 4. The molecular formula is C5H3N3O2S. The predicted octanol–water partition coefficient (Wildman–Crippen LogP) is 1.79. The molecule has 1 aromatic heterocycles. The van der Waals surface area contributed by atoms with E-state index in [1.165, 1.54) is 6.07 Å². The number of rotatable bonds is 1. The summed E-state index contributed by atoms with van der Waals surface area (Å²) in [4.78, 5) is 12.6. The Kier molecular flexibility index (Phi) is 1.74. The predicted molar refractivity (Wildman–Crippen MR) is 41.6 cm³/mol. The first-order chi connectivity index (χ1) is 5.15. The molecule has 1 heterocycles. The van der Waals surface area contributed by atoms with Gasteiger partial charge in [0.25, 0.3) is 5.69 Å². The van der Waals surface area contributed by atoms with Crippen molar-refractivity contribution in [3.05, 3.63) is 27.6 Å². The van der Waals surface area contributed by atoms with Crippen LogP contribution in [0.15, 0.2) is 6.07 Å². The van der Waals surface area contributed by atoms with Crippen molar-refractivity contribution in [3.63, 3.8) is 0 Å². The Hall–Kier alpha value is -1.61. The zero-order valence-corrected chi connectivity index (χ0v) is 6.09. The Morgan fingerprint density at radius 1 is 1.82 bits per heavy atom. The van der Waals surface area contributed by atoms with Crippen LogP contribution >= 0.6 is 11.3 Å². The van der Waals surface area contributed by atoms with Gasteiger partial charge in [0.05, 0.1) is 11.5 Å². The molecule has 56 valence electrons. The van der Waals surface area contributed by atoms with Gasteiger partial charge < -0.3 is 5.73 Å². The molecule has 0 aliphatic heterocycles. The summed E-state index contributed by atoms with van der Waals surface area (Å²) >= 11 is 0.925. The van der Waals surface area contributed by atoms with Crippen molar-refractivity contribution in [1.29, 1.82) is 0 Å². The first kappa shape index (κ1) is 7.50. The molecule has 0 radical (unpaired) electrons. The van der Waals surface area contributed by atoms with E-state index in [1.54, 1.807) is 0 Å². The normalized spacial score (nSPS) is 9.00. The molecule has 0 saturated heterocycles. The van der Waals surface area contributed by atoms with Gasteiger partial charge >= 0.3 is 0 Å². The van der Waals surface area contributed by atoms with E-state index >= 15 is 0 Å². The van der Waals surface area contributed by atoms with Crippen molar-refractivity contribution in [2.24, 2.45) is 0 Å². The first-order valence-corrected chi connectivity index (χ1v) is 3.38. The third kappa shape index (κ3) is 1.28. The zero-order chi connectivity index (χ0) is 8.43. The fourth-order valence-corrected chi connectivity index (χ4v) is 1.26. The van der Waals surface area contributed by atoms with Gasteiger partial charge in [-0.1, -0.05) is 0 Å². The molecule has 0 spiro atoms. The Balaban J connectivity index is 3.20. The second kappa shape index (κ2) is 2.56. The van der Waals surface area contributed by atoms with E-state index in [0.29, 0.717) is 0 Å². The highest BCUT2D eigenvalue weighted by atomic mass is 32.1. The number of hydrogen-bond donors (Lipinski definition) is 1. The number of nitrogen functional groups attached to an aromatic ring is 1. The second-order valence-electron chi connectivity index (χ2n) is 1.70. The largest absolute Gasteiger partial charge is 0.386 e. The van der Waals surface area contributed by atoms with Crippen LogP contribution in [0.2, 0.25) is 0 Å². The average molecular weight is 169 g/mol. The number of nitrogens with two attached hydrogens (primary N) is 1. The fraction of sp³-hybridized carbons (Fsp3) is 0. The van der Waals surface area contributed by atoms with Crippen LogP contribution in [0.4, 0.5) is 15.7 Å². The number of nitro groups is 1. The molecule has 1 rings (SSSR count). The van der Waals surface area contributed by atoms with Crippen LogP contribution in [0.5, 0.6) is 0 Å². The van der Waals surface area contributed by atoms with Crippen molar-refractivity contribution in [2.75, 3.05) is 5.73 Å². The van der Waals surface area contributed by atoms with E-state index < -0.39 is 4.92 Å². The van der Waals surface area contributed by atoms with E-state index in [2.05, 4.69) is 4.85 Å². The minimum absolute atomic E-state index is 0.0843. The topological polar surface area (TPSA) is 73.5 Å². The molecule has 1 aromatic rings. The number of thiophene rings is 1. The van der Waals surface area contributed by atoms with E-state index in [0.717, 1.165) is 11.3 Å². The smallest absolute Gasteiger partial charge is 0.291 e. The quantitative estimate of drug-likeness (QED) is 0.395. The summed E-state index contributed by atoms with van der Waals surface area (Å²) in [6, 6.07) is 1.17. The third-order valence-corrected chi connectivity index (χ3v) is 1.88. The Morgan fingerprint density at radius 2 is 2.45 bits per heavy atom. The molecule has 6 heteroatoms. The number of nitrogens with zero attached hydrogens (tertiary/aromatic N) is 2. The molecule has 2 N–H and O–H groups in total. The maximum Gasteiger partial charge on any atom is 0.291 e. The minimum Gasteiger partial charge on any atom is -0.386 e. The van der Waals surface area contributed by atoms with Gasteiger partial charge in [0.2, 0.25) is 5.00 Å². The lowest BCUT2D eigenvalue weighted by Gasteiger charge is -1.84. The summed E-state index contributed by atoms with van der Waals surface area (Å²) in [6.07, 6.45) is 0. The lowest BCUT2D eigenvalue weighted by atomic mass is 10.5. The van der Waals surface area contributed by atoms with Crippen LogP contribution < -0.4 is 5.73 Å². The zero-order valence-electron chi connectivity index (χ0n) is 5.27. The van der Waals surface area contributed by atoms with Crippen molar-refractivity contribution in [2.45, 2.75) is 0 Å². The van der Waals surface area contributed by atoms with Gasteiger partial charge in [-0.3, -0.25) is 10.1 Å². The van der Waals surface area contributed by atoms with Crippen LogP contribution in [0, 0.1) is 16.7 Å². The molecule has 0 bridgehead atoms. The summed E-state index contributed by atoms with van der Waals surface area (Å²) < 4.78 is 0. The van der Waals surface area contributed by atoms with E-state index in [9.17, 15) is 10.1 Å². The molecule has 0 atom stereocenters. The Labute approximate surface area is 66.0 Å². The molecule has 0 unspecified atom stereocenters. The highest BCUT2D eigenvalue weighted by molar-refractivity contribution is 7.20. The Bertz CT molecular complexity index is 338. The summed E-state index contributed by atoms with van der Waals surface area (Å²) in [5, 5.41) is 10.5. The molecule has 0 fully saturated rings. The summed E-state index contributed by atoms with van der Waals surface area (Å²) in [7, 11) is 0. The lowest BCUT2D eigenvalue weighted by molar-refractivity contribution is -0.383. The molecule has 0 aliphatic carbocycles. The fourth-order valence-electron chi connectivity index (χ4n) is 0.580. The summed E-state index contributed by atoms with van der Waals surface area (Å²) in [5.41, 5.74) is 5.07. The maximum atomic E-state index is 10.2. The van der Waals surface area contributed by atoms with Crippen LogP contribution in [0.3, 0.4) is 0 Å².